The highest BCUT2D eigenvalue weighted by molar-refractivity contribution is 6.00. The number of nitrogens with two attached hydrogens (primary N) is 1. The minimum Gasteiger partial charge on any atom is -0.508 e. The number of amidine groups is 2. The largest absolute Gasteiger partial charge is 0.508 e. The molecule has 0 amide bonds. The normalized spacial score (nSPS) is 12.5. The third kappa shape index (κ3) is 8.70. The number of phenols is 1. The summed E-state index contributed by atoms with van der Waals surface area (Å²) in [6.07, 6.45) is 5.59. The van der Waals surface area contributed by atoms with E-state index < -0.39 is 0 Å². The first-order valence-corrected chi connectivity index (χ1v) is 7.78. The molecule has 5 N–H and O–H groups in total. The van der Waals surface area contributed by atoms with Crippen LogP contribution in [0.25, 0.3) is 0 Å². The molecule has 0 heterocycles. The highest BCUT2D eigenvalue weighted by Crippen LogP contribution is 2.09. The van der Waals surface area contributed by atoms with Gasteiger partial charge in [-0.1, -0.05) is 12.1 Å². The molecule has 0 aliphatic carbocycles. The number of unbranched alkanes of at least 4 members (excludes halogenated alkanes) is 1. The Bertz CT molecular complexity index is 579. The molecule has 24 heavy (non-hydrogen) atoms. The van der Waals surface area contributed by atoms with Crippen LogP contribution < -0.4 is 11.2 Å². The summed E-state index contributed by atoms with van der Waals surface area (Å²) in [4.78, 5) is 8.57. The summed E-state index contributed by atoms with van der Waals surface area (Å²) in [5.41, 5.74) is 9.57. The predicted octanol–water partition coefficient (Wildman–Crippen LogP) is 1.22. The molecule has 0 unspecified atom stereocenters. The fourth-order valence-electron chi connectivity index (χ4n) is 1.82. The minimum absolute atomic E-state index is 0.165. The van der Waals surface area contributed by atoms with Crippen LogP contribution in [-0.2, 0) is 6.42 Å². The predicted molar refractivity (Wildman–Crippen MR) is 98.7 cm³/mol. The van der Waals surface area contributed by atoms with Gasteiger partial charge in [0.25, 0.3) is 0 Å². The summed E-state index contributed by atoms with van der Waals surface area (Å²) in [5, 5.41) is 21.6. The van der Waals surface area contributed by atoms with Gasteiger partial charge in [0.05, 0.1) is 0 Å². The van der Waals surface area contributed by atoms with Gasteiger partial charge in [-0.25, -0.2) is 0 Å². The maximum atomic E-state index is 9.25. The summed E-state index contributed by atoms with van der Waals surface area (Å²) in [7, 11) is 0. The molecule has 130 valence electrons. The van der Waals surface area contributed by atoms with Gasteiger partial charge in [0.1, 0.15) is 17.4 Å². The average molecular weight is 331 g/mol. The summed E-state index contributed by atoms with van der Waals surface area (Å²) >= 11 is 0. The first-order valence-electron chi connectivity index (χ1n) is 7.78. The maximum Gasteiger partial charge on any atom is 0.141 e. The number of aliphatic imine (C=N–C) groups is 2. The SMILES string of the molecule is C=NNC(/C=C\C(N)=NCCCCO)=NCCc1ccc(O)cc1. The number of nitrogens with one attached hydrogen (secondary N) is 1. The Balaban J connectivity index is 2.53. The van der Waals surface area contributed by atoms with Crippen LogP contribution in [0.4, 0.5) is 0 Å². The van der Waals surface area contributed by atoms with Crippen molar-refractivity contribution in [1.29, 1.82) is 0 Å². The molecular formula is C17H25N5O2. The zero-order valence-electron chi connectivity index (χ0n) is 13.7. The first kappa shape index (κ1) is 19.4. The van der Waals surface area contributed by atoms with Gasteiger partial charge in [0.2, 0.25) is 0 Å². The third-order valence-corrected chi connectivity index (χ3v) is 3.09. The maximum absolute atomic E-state index is 9.25. The molecule has 0 radical (unpaired) electrons. The topological polar surface area (TPSA) is 116 Å². The number of aliphatic hydroxyl groups is 1. The Morgan fingerprint density at radius 3 is 2.54 bits per heavy atom. The number of phenolic OH excluding ortho intramolecular Hbond substituents is 1. The Kier molecular flexibility index (Phi) is 9.56. The van der Waals surface area contributed by atoms with Crippen LogP contribution in [0.5, 0.6) is 5.75 Å². The van der Waals surface area contributed by atoms with Crippen molar-refractivity contribution in [3.63, 3.8) is 0 Å². The number of rotatable bonds is 10. The van der Waals surface area contributed by atoms with E-state index in [2.05, 4.69) is 27.2 Å². The quantitative estimate of drug-likeness (QED) is 0.223. The second-order valence-electron chi connectivity index (χ2n) is 5.02. The molecule has 0 aliphatic rings. The Morgan fingerprint density at radius 2 is 1.88 bits per heavy atom. The lowest BCUT2D eigenvalue weighted by Crippen LogP contribution is -2.17. The Morgan fingerprint density at radius 1 is 1.12 bits per heavy atom. The molecule has 0 saturated carbocycles. The Hall–Kier alpha value is -2.67. The summed E-state index contributed by atoms with van der Waals surface area (Å²) in [6, 6.07) is 7.02. The zero-order chi connectivity index (χ0) is 17.6. The fourth-order valence-corrected chi connectivity index (χ4v) is 1.82. The van der Waals surface area contributed by atoms with Crippen LogP contribution in [-0.4, -0.2) is 48.3 Å². The van der Waals surface area contributed by atoms with Crippen molar-refractivity contribution in [3.8, 4) is 5.75 Å². The summed E-state index contributed by atoms with van der Waals surface area (Å²) in [5.74, 6) is 1.18. The van der Waals surface area contributed by atoms with E-state index in [1.807, 2.05) is 12.1 Å². The van der Waals surface area contributed by atoms with Crippen molar-refractivity contribution >= 4 is 18.4 Å². The lowest BCUT2D eigenvalue weighted by Gasteiger charge is -2.02. The second kappa shape index (κ2) is 11.8. The number of aromatic hydroxyl groups is 1. The average Bonchev–Trinajstić information content (AvgIpc) is 2.58. The molecule has 0 fully saturated rings. The zero-order valence-corrected chi connectivity index (χ0v) is 13.7. The van der Waals surface area contributed by atoms with Gasteiger partial charge in [-0.05, 0) is 49.1 Å². The van der Waals surface area contributed by atoms with Gasteiger partial charge in [-0.3, -0.25) is 15.4 Å². The molecule has 0 aromatic heterocycles. The number of hydrogen-bond donors (Lipinski definition) is 4. The van der Waals surface area contributed by atoms with E-state index in [0.29, 0.717) is 31.2 Å². The van der Waals surface area contributed by atoms with E-state index in [1.165, 1.54) is 0 Å². The molecule has 1 aromatic carbocycles. The number of hydrazone groups is 1. The van der Waals surface area contributed by atoms with Crippen molar-refractivity contribution in [3.05, 3.63) is 42.0 Å². The lowest BCUT2D eigenvalue weighted by atomic mass is 10.1. The number of hydrogen-bond acceptors (Lipinski definition) is 5. The van der Waals surface area contributed by atoms with Crippen LogP contribution in [0.15, 0.2) is 51.5 Å². The van der Waals surface area contributed by atoms with Crippen LogP contribution in [0.2, 0.25) is 0 Å². The molecule has 0 saturated heterocycles. The molecule has 7 nitrogen and oxygen atoms in total. The van der Waals surface area contributed by atoms with Gasteiger partial charge in [0.15, 0.2) is 0 Å². The van der Waals surface area contributed by atoms with Gasteiger partial charge in [-0.15, -0.1) is 0 Å². The molecule has 1 rings (SSSR count). The smallest absolute Gasteiger partial charge is 0.141 e. The molecule has 0 aliphatic heterocycles. The fraction of sp³-hybridized carbons (Fsp3) is 0.353. The Labute approximate surface area is 142 Å². The highest BCUT2D eigenvalue weighted by Gasteiger charge is 1.96. The van der Waals surface area contributed by atoms with Crippen molar-refractivity contribution in [2.75, 3.05) is 19.7 Å². The van der Waals surface area contributed by atoms with Crippen molar-refractivity contribution < 1.29 is 10.2 Å². The summed E-state index contributed by atoms with van der Waals surface area (Å²) in [6.45, 7) is 4.69. The molecule has 1 aromatic rings. The van der Waals surface area contributed by atoms with E-state index in [9.17, 15) is 5.11 Å². The van der Waals surface area contributed by atoms with Crippen LogP contribution >= 0.6 is 0 Å². The number of benzene rings is 1. The standard InChI is InChI=1S/C17H25N5O2/c1-19-22-17(9-8-16(18)20-11-2-3-13-23)21-12-10-14-4-6-15(24)7-5-14/h4-9,23-24H,1-3,10-13H2,(H2,18,20)(H,21,22)/b9-8-. The van der Waals surface area contributed by atoms with Crippen LogP contribution in [0.3, 0.4) is 0 Å². The van der Waals surface area contributed by atoms with E-state index in [-0.39, 0.29) is 12.4 Å². The monoisotopic (exact) mass is 331 g/mol. The van der Waals surface area contributed by atoms with Crippen LogP contribution in [0, 0.1) is 0 Å². The number of nitrogens with zero attached hydrogens (tertiary/aromatic N) is 3. The third-order valence-electron chi connectivity index (χ3n) is 3.09. The van der Waals surface area contributed by atoms with E-state index >= 15 is 0 Å². The molecule has 7 heteroatoms. The van der Waals surface area contributed by atoms with Gasteiger partial charge < -0.3 is 15.9 Å². The lowest BCUT2D eigenvalue weighted by molar-refractivity contribution is 0.285. The highest BCUT2D eigenvalue weighted by atomic mass is 16.3. The second-order valence-corrected chi connectivity index (χ2v) is 5.02. The van der Waals surface area contributed by atoms with Crippen LogP contribution in [0.1, 0.15) is 18.4 Å². The van der Waals surface area contributed by atoms with Crippen molar-refractivity contribution in [2.24, 2.45) is 20.8 Å². The first-order chi connectivity index (χ1) is 11.7. The van der Waals surface area contributed by atoms with Gasteiger partial charge in [-0.2, -0.15) is 5.10 Å². The number of aliphatic hydroxyl groups excluding tert-OH is 1. The molecule has 0 bridgehead atoms. The van der Waals surface area contributed by atoms with E-state index in [0.717, 1.165) is 18.4 Å². The van der Waals surface area contributed by atoms with E-state index in [1.54, 1.807) is 24.3 Å². The van der Waals surface area contributed by atoms with Gasteiger partial charge in [0, 0.05) is 26.4 Å². The minimum atomic E-state index is 0.165. The van der Waals surface area contributed by atoms with Crippen molar-refractivity contribution in [2.45, 2.75) is 19.3 Å². The molecule has 0 atom stereocenters. The molecule has 0 spiro atoms. The van der Waals surface area contributed by atoms with E-state index in [4.69, 9.17) is 10.8 Å². The summed E-state index contributed by atoms with van der Waals surface area (Å²) < 4.78 is 0. The van der Waals surface area contributed by atoms with Crippen molar-refractivity contribution in [1.82, 2.24) is 5.43 Å². The van der Waals surface area contributed by atoms with Gasteiger partial charge >= 0.3 is 0 Å². The molecular weight excluding hydrogens is 306 g/mol.